The van der Waals surface area contributed by atoms with Crippen molar-refractivity contribution in [2.24, 2.45) is 10.7 Å². The average molecular weight is 163 g/mol. The molecule has 0 fully saturated rings. The summed E-state index contributed by atoms with van der Waals surface area (Å²) in [5, 5.41) is -0.473. The zero-order valence-corrected chi connectivity index (χ0v) is 6.69. The molecule has 0 aromatic heterocycles. The SMILES string of the molecule is CCCC(N)=NCC(=O)Cl. The number of halogens is 1. The van der Waals surface area contributed by atoms with Crippen LogP contribution in [-0.4, -0.2) is 17.6 Å². The lowest BCUT2D eigenvalue weighted by atomic mass is 10.3. The normalized spacial score (nSPS) is 11.6. The van der Waals surface area contributed by atoms with Crippen LogP contribution in [0, 0.1) is 0 Å². The van der Waals surface area contributed by atoms with Crippen LogP contribution in [0.1, 0.15) is 19.8 Å². The number of nitrogens with two attached hydrogens (primary N) is 1. The predicted octanol–water partition coefficient (Wildman–Crippen LogP) is 0.909. The minimum absolute atomic E-state index is 0.00656. The molecule has 0 aliphatic heterocycles. The van der Waals surface area contributed by atoms with E-state index >= 15 is 0 Å². The van der Waals surface area contributed by atoms with Crippen molar-refractivity contribution in [3.8, 4) is 0 Å². The second kappa shape index (κ2) is 5.23. The number of hydrogen-bond acceptors (Lipinski definition) is 2. The Kier molecular flexibility index (Phi) is 4.94. The zero-order chi connectivity index (χ0) is 7.98. The van der Waals surface area contributed by atoms with Crippen LogP contribution in [0.4, 0.5) is 0 Å². The van der Waals surface area contributed by atoms with Crippen LogP contribution in [0.15, 0.2) is 4.99 Å². The van der Waals surface area contributed by atoms with Gasteiger partial charge in [-0.1, -0.05) is 6.92 Å². The Hall–Kier alpha value is -0.570. The highest BCUT2D eigenvalue weighted by atomic mass is 35.5. The zero-order valence-electron chi connectivity index (χ0n) is 5.93. The summed E-state index contributed by atoms with van der Waals surface area (Å²) in [6.07, 6.45) is 1.66. The Labute approximate surface area is 65.3 Å². The molecule has 0 unspecified atom stereocenters. The number of carbonyl (C=O) groups excluding carboxylic acids is 1. The van der Waals surface area contributed by atoms with Crippen LogP contribution in [0.25, 0.3) is 0 Å². The largest absolute Gasteiger partial charge is 0.387 e. The molecule has 0 aromatic rings. The molecule has 0 bridgehead atoms. The van der Waals surface area contributed by atoms with Crippen LogP contribution in [0.5, 0.6) is 0 Å². The summed E-state index contributed by atoms with van der Waals surface area (Å²) in [6, 6.07) is 0. The van der Waals surface area contributed by atoms with E-state index in [1.807, 2.05) is 6.92 Å². The van der Waals surface area contributed by atoms with Crippen molar-refractivity contribution >= 4 is 22.7 Å². The third kappa shape index (κ3) is 5.56. The van der Waals surface area contributed by atoms with Crippen molar-refractivity contribution in [3.63, 3.8) is 0 Å². The lowest BCUT2D eigenvalue weighted by molar-refractivity contribution is -0.110. The molecule has 0 atom stereocenters. The Morgan fingerprint density at radius 1 is 1.70 bits per heavy atom. The Bertz CT molecular complexity index is 145. The van der Waals surface area contributed by atoms with Gasteiger partial charge in [-0.15, -0.1) is 0 Å². The fraction of sp³-hybridized carbons (Fsp3) is 0.667. The molecule has 2 N–H and O–H groups in total. The first kappa shape index (κ1) is 9.43. The molecule has 0 aliphatic rings. The number of rotatable bonds is 4. The van der Waals surface area contributed by atoms with Gasteiger partial charge in [-0.3, -0.25) is 9.79 Å². The lowest BCUT2D eigenvalue weighted by Gasteiger charge is -1.93. The first-order valence-corrected chi connectivity index (χ1v) is 3.51. The molecule has 0 aromatic carbocycles. The number of carbonyl (C=O) groups is 1. The van der Waals surface area contributed by atoms with Crippen LogP contribution < -0.4 is 5.73 Å². The smallest absolute Gasteiger partial charge is 0.243 e. The van der Waals surface area contributed by atoms with Gasteiger partial charge in [0, 0.05) is 6.42 Å². The third-order valence-electron chi connectivity index (χ3n) is 0.913. The minimum atomic E-state index is -0.473. The molecule has 0 radical (unpaired) electrons. The number of nitrogens with zero attached hydrogens (tertiary/aromatic N) is 1. The van der Waals surface area contributed by atoms with Crippen LogP contribution in [0.2, 0.25) is 0 Å². The van der Waals surface area contributed by atoms with Gasteiger partial charge in [-0.25, -0.2) is 0 Å². The van der Waals surface area contributed by atoms with Crippen LogP contribution in [-0.2, 0) is 4.79 Å². The van der Waals surface area contributed by atoms with Crippen LogP contribution >= 0.6 is 11.6 Å². The van der Waals surface area contributed by atoms with Crippen molar-refractivity contribution in [2.45, 2.75) is 19.8 Å². The van der Waals surface area contributed by atoms with Gasteiger partial charge in [0.1, 0.15) is 6.54 Å². The summed E-state index contributed by atoms with van der Waals surface area (Å²) in [7, 11) is 0. The van der Waals surface area contributed by atoms with Gasteiger partial charge in [0.15, 0.2) is 0 Å². The molecule has 3 nitrogen and oxygen atoms in total. The summed E-state index contributed by atoms with van der Waals surface area (Å²) in [5.74, 6) is 0.497. The molecule has 0 aliphatic carbocycles. The predicted molar refractivity (Wildman–Crippen MR) is 42.3 cm³/mol. The average Bonchev–Trinajstić information content (AvgIpc) is 1.85. The Morgan fingerprint density at radius 3 is 2.70 bits per heavy atom. The van der Waals surface area contributed by atoms with Crippen LogP contribution in [0.3, 0.4) is 0 Å². The molecule has 0 amide bonds. The van der Waals surface area contributed by atoms with Gasteiger partial charge in [-0.2, -0.15) is 0 Å². The van der Waals surface area contributed by atoms with Gasteiger partial charge >= 0.3 is 0 Å². The van der Waals surface area contributed by atoms with Crippen molar-refractivity contribution in [1.82, 2.24) is 0 Å². The molecular formula is C6H11ClN2O. The van der Waals surface area contributed by atoms with E-state index in [2.05, 4.69) is 4.99 Å². The summed E-state index contributed by atoms with van der Waals surface area (Å²) >= 11 is 5.02. The van der Waals surface area contributed by atoms with Gasteiger partial charge < -0.3 is 5.73 Å². The number of hydrogen-bond donors (Lipinski definition) is 1. The van der Waals surface area contributed by atoms with Gasteiger partial charge in [0.25, 0.3) is 0 Å². The number of amidine groups is 1. The maximum absolute atomic E-state index is 10.2. The maximum Gasteiger partial charge on any atom is 0.243 e. The monoisotopic (exact) mass is 162 g/mol. The van der Waals surface area contributed by atoms with E-state index in [1.165, 1.54) is 0 Å². The second-order valence-corrected chi connectivity index (χ2v) is 2.33. The molecule has 58 valence electrons. The van der Waals surface area contributed by atoms with Gasteiger partial charge in [-0.05, 0) is 18.0 Å². The van der Waals surface area contributed by atoms with Crippen molar-refractivity contribution < 1.29 is 4.79 Å². The highest BCUT2D eigenvalue weighted by Gasteiger charge is 1.93. The summed E-state index contributed by atoms with van der Waals surface area (Å²) in [5.41, 5.74) is 5.37. The van der Waals surface area contributed by atoms with Gasteiger partial charge in [0.05, 0.1) is 5.84 Å². The molecule has 0 rings (SSSR count). The topological polar surface area (TPSA) is 55.4 Å². The fourth-order valence-electron chi connectivity index (χ4n) is 0.499. The van der Waals surface area contributed by atoms with E-state index in [4.69, 9.17) is 17.3 Å². The van der Waals surface area contributed by atoms with Gasteiger partial charge in [0.2, 0.25) is 5.24 Å². The maximum atomic E-state index is 10.2. The quantitative estimate of drug-likeness (QED) is 0.380. The third-order valence-corrected chi connectivity index (χ3v) is 1.03. The lowest BCUT2D eigenvalue weighted by Crippen LogP contribution is -2.12. The highest BCUT2D eigenvalue weighted by Crippen LogP contribution is 1.88. The van der Waals surface area contributed by atoms with Crippen molar-refractivity contribution in [2.75, 3.05) is 6.54 Å². The molecular weight excluding hydrogens is 152 g/mol. The molecule has 10 heavy (non-hydrogen) atoms. The molecule has 4 heteroatoms. The first-order chi connectivity index (χ1) is 4.66. The van der Waals surface area contributed by atoms with E-state index in [0.717, 1.165) is 12.8 Å². The van der Waals surface area contributed by atoms with E-state index in [0.29, 0.717) is 5.84 Å². The molecule has 0 spiro atoms. The second-order valence-electron chi connectivity index (χ2n) is 1.91. The minimum Gasteiger partial charge on any atom is -0.387 e. The standard InChI is InChI=1S/C6H11ClN2O/c1-2-3-6(8)9-4-5(7)10/h2-4H2,1H3,(H2,8,9). The fourth-order valence-corrected chi connectivity index (χ4v) is 0.559. The summed E-state index contributed by atoms with van der Waals surface area (Å²) in [4.78, 5) is 13.9. The number of aliphatic imine (C=N–C) groups is 1. The van der Waals surface area contributed by atoms with E-state index < -0.39 is 5.24 Å². The summed E-state index contributed by atoms with van der Waals surface area (Å²) in [6.45, 7) is 1.98. The van der Waals surface area contributed by atoms with E-state index in [-0.39, 0.29) is 6.54 Å². The Morgan fingerprint density at radius 2 is 2.30 bits per heavy atom. The highest BCUT2D eigenvalue weighted by molar-refractivity contribution is 6.64. The first-order valence-electron chi connectivity index (χ1n) is 3.14. The van der Waals surface area contributed by atoms with Crippen molar-refractivity contribution in [1.29, 1.82) is 0 Å². The molecule has 0 heterocycles. The Balaban J connectivity index is 3.57. The molecule has 0 saturated heterocycles. The van der Waals surface area contributed by atoms with E-state index in [1.54, 1.807) is 0 Å². The van der Waals surface area contributed by atoms with E-state index in [9.17, 15) is 4.79 Å². The van der Waals surface area contributed by atoms with Crippen molar-refractivity contribution in [3.05, 3.63) is 0 Å². The molecule has 0 saturated carbocycles. The summed E-state index contributed by atoms with van der Waals surface area (Å²) < 4.78 is 0.